The summed E-state index contributed by atoms with van der Waals surface area (Å²) in [5, 5.41) is 5.89. The molecule has 0 aromatic rings. The lowest BCUT2D eigenvalue weighted by atomic mass is 9.47. The van der Waals surface area contributed by atoms with Gasteiger partial charge in [0, 0.05) is 28.8 Å². The summed E-state index contributed by atoms with van der Waals surface area (Å²) in [6.45, 7) is 6.47. The van der Waals surface area contributed by atoms with E-state index in [9.17, 15) is 4.79 Å². The SMILES string of the molecule is C#CCCC1CCC2C3CC=C4CC(OC(=O)NCCNC)CCC4(C)C3CCC12C.Cl.[HH].[HH]. The molecule has 0 heterocycles. The lowest BCUT2D eigenvalue weighted by Gasteiger charge is -2.58. The summed E-state index contributed by atoms with van der Waals surface area (Å²) in [5.41, 5.74) is 2.35. The average Bonchev–Trinajstić information content (AvgIpc) is 3.09. The number of terminal acetylenes is 1. The Balaban J connectivity index is 0.00000193. The number of carbonyl (C=O) groups is 1. The number of hydrogen-bond acceptors (Lipinski definition) is 3. The van der Waals surface area contributed by atoms with E-state index in [1.54, 1.807) is 5.57 Å². The van der Waals surface area contributed by atoms with E-state index in [1.807, 2.05) is 7.05 Å². The number of likely N-dealkylation sites (N-methyl/N-ethyl adjacent to an activating group) is 1. The molecular weight excluding hydrogens is 420 g/mol. The van der Waals surface area contributed by atoms with Crippen LogP contribution in [-0.2, 0) is 4.74 Å². The molecule has 3 fully saturated rings. The zero-order valence-electron chi connectivity index (χ0n) is 20.3. The maximum atomic E-state index is 12.1. The van der Waals surface area contributed by atoms with E-state index in [-0.39, 0.29) is 27.5 Å². The molecule has 32 heavy (non-hydrogen) atoms. The number of alkyl carbamates (subject to hydrolysis) is 1. The van der Waals surface area contributed by atoms with Crippen LogP contribution in [-0.4, -0.2) is 32.3 Å². The summed E-state index contributed by atoms with van der Waals surface area (Å²) in [6, 6.07) is 0. The van der Waals surface area contributed by atoms with Crippen molar-refractivity contribution < 1.29 is 12.4 Å². The number of amides is 1. The molecule has 2 N–H and O–H groups in total. The third-order valence-corrected chi connectivity index (χ3v) is 9.81. The van der Waals surface area contributed by atoms with Crippen molar-refractivity contribution in [3.8, 4) is 12.3 Å². The van der Waals surface area contributed by atoms with Gasteiger partial charge in [0.1, 0.15) is 6.10 Å². The van der Waals surface area contributed by atoms with E-state index in [4.69, 9.17) is 11.2 Å². The molecule has 3 saturated carbocycles. The molecule has 1 amide bonds. The number of hydrogen-bond donors (Lipinski definition) is 2. The van der Waals surface area contributed by atoms with Gasteiger partial charge in [0.05, 0.1) is 0 Å². The van der Waals surface area contributed by atoms with Gasteiger partial charge < -0.3 is 15.4 Å². The molecule has 4 aliphatic carbocycles. The molecule has 0 aliphatic heterocycles. The van der Waals surface area contributed by atoms with Crippen LogP contribution in [0.2, 0.25) is 0 Å². The molecule has 0 saturated heterocycles. The Morgan fingerprint density at radius 3 is 2.78 bits per heavy atom. The summed E-state index contributed by atoms with van der Waals surface area (Å²) >= 11 is 0. The van der Waals surface area contributed by atoms with Gasteiger partial charge >= 0.3 is 6.09 Å². The number of ether oxygens (including phenoxy) is 1. The fraction of sp³-hybridized carbons (Fsp3) is 0.815. The molecule has 4 rings (SSSR count). The standard InChI is InChI=1S/C27H42N2O2.ClH.2H2/c1-5-6-7-19-9-11-23-22-10-8-20-18-21(31-25(30)29-17-16-28-4)12-14-27(20,3)24(22)13-15-26(19,23)2;;;/h1,8,19,21-24,28H,6-7,9-18H2,2-4H3,(H,29,30);3*1H. The second-order valence-corrected chi connectivity index (χ2v) is 11.1. The number of fused-ring (bicyclic) bond motifs is 5. The molecule has 0 bridgehead atoms. The van der Waals surface area contributed by atoms with E-state index in [2.05, 4.69) is 36.5 Å². The molecule has 4 nitrogen and oxygen atoms in total. The fourth-order valence-corrected chi connectivity index (χ4v) is 8.05. The molecule has 7 unspecified atom stereocenters. The van der Waals surface area contributed by atoms with Crippen molar-refractivity contribution in [2.45, 2.75) is 84.2 Å². The average molecular weight is 467 g/mol. The van der Waals surface area contributed by atoms with Gasteiger partial charge in [-0.2, -0.15) is 0 Å². The van der Waals surface area contributed by atoms with E-state index in [1.165, 1.54) is 38.5 Å². The van der Waals surface area contributed by atoms with Crippen LogP contribution >= 0.6 is 12.4 Å². The minimum Gasteiger partial charge on any atom is -0.446 e. The summed E-state index contributed by atoms with van der Waals surface area (Å²) in [4.78, 5) is 12.1. The maximum absolute atomic E-state index is 12.1. The van der Waals surface area contributed by atoms with Crippen molar-refractivity contribution in [2.24, 2.45) is 34.5 Å². The summed E-state index contributed by atoms with van der Waals surface area (Å²) in [6.07, 6.45) is 19.8. The minimum atomic E-state index is -0.268. The second-order valence-electron chi connectivity index (χ2n) is 11.1. The maximum Gasteiger partial charge on any atom is 0.407 e. The van der Waals surface area contributed by atoms with Gasteiger partial charge in [0.25, 0.3) is 0 Å². The van der Waals surface area contributed by atoms with Gasteiger partial charge in [-0.25, -0.2) is 4.79 Å². The van der Waals surface area contributed by atoms with Gasteiger partial charge in [0.15, 0.2) is 0 Å². The van der Waals surface area contributed by atoms with Crippen LogP contribution in [0.25, 0.3) is 0 Å². The number of rotatable bonds is 6. The smallest absolute Gasteiger partial charge is 0.407 e. The zero-order valence-corrected chi connectivity index (χ0v) is 21.1. The highest BCUT2D eigenvalue weighted by atomic mass is 35.5. The number of carbonyl (C=O) groups excluding carboxylic acids is 1. The first kappa shape index (κ1) is 25.4. The largest absolute Gasteiger partial charge is 0.446 e. The molecule has 0 aromatic heterocycles. The van der Waals surface area contributed by atoms with E-state index < -0.39 is 0 Å². The highest BCUT2D eigenvalue weighted by Crippen LogP contribution is 2.66. The quantitative estimate of drug-likeness (QED) is 0.278. The highest BCUT2D eigenvalue weighted by molar-refractivity contribution is 5.85. The van der Waals surface area contributed by atoms with E-state index in [0.717, 1.165) is 55.9 Å². The van der Waals surface area contributed by atoms with Crippen LogP contribution < -0.4 is 10.6 Å². The molecule has 0 radical (unpaired) electrons. The molecule has 5 heteroatoms. The van der Waals surface area contributed by atoms with Crippen molar-refractivity contribution in [3.05, 3.63) is 11.6 Å². The Bertz CT molecular complexity index is 757. The van der Waals surface area contributed by atoms with Crippen molar-refractivity contribution in [2.75, 3.05) is 20.1 Å². The van der Waals surface area contributed by atoms with Crippen molar-refractivity contribution >= 4 is 18.5 Å². The Morgan fingerprint density at radius 2 is 2.03 bits per heavy atom. The van der Waals surface area contributed by atoms with E-state index >= 15 is 0 Å². The van der Waals surface area contributed by atoms with E-state index in [0.29, 0.717) is 17.4 Å². The van der Waals surface area contributed by atoms with Gasteiger partial charge in [-0.15, -0.1) is 24.8 Å². The first-order chi connectivity index (χ1) is 14.9. The van der Waals surface area contributed by atoms with Crippen molar-refractivity contribution in [3.63, 3.8) is 0 Å². The van der Waals surface area contributed by atoms with Crippen molar-refractivity contribution in [1.29, 1.82) is 0 Å². The van der Waals surface area contributed by atoms with Crippen LogP contribution in [0.4, 0.5) is 4.79 Å². The topological polar surface area (TPSA) is 50.4 Å². The summed E-state index contributed by atoms with van der Waals surface area (Å²) in [7, 11) is 1.88. The van der Waals surface area contributed by atoms with Gasteiger partial charge in [0.2, 0.25) is 0 Å². The van der Waals surface area contributed by atoms with Gasteiger partial charge in [-0.1, -0.05) is 25.5 Å². The lowest BCUT2D eigenvalue weighted by molar-refractivity contribution is -0.0514. The van der Waals surface area contributed by atoms with Gasteiger partial charge in [-0.05, 0) is 92.9 Å². The third kappa shape index (κ3) is 4.58. The Hall–Kier alpha value is -1.18. The predicted molar refractivity (Wildman–Crippen MR) is 137 cm³/mol. The molecule has 0 aromatic carbocycles. The third-order valence-electron chi connectivity index (χ3n) is 9.81. The Morgan fingerprint density at radius 1 is 1.22 bits per heavy atom. The molecule has 7 atom stereocenters. The lowest BCUT2D eigenvalue weighted by Crippen LogP contribution is -2.50. The normalized spacial score (nSPS) is 39.9. The Labute approximate surface area is 204 Å². The molecule has 0 spiro atoms. The molecule has 184 valence electrons. The van der Waals surface area contributed by atoms with Crippen LogP contribution in [0.5, 0.6) is 0 Å². The zero-order chi connectivity index (χ0) is 22.1. The van der Waals surface area contributed by atoms with Crippen LogP contribution in [0.15, 0.2) is 11.6 Å². The first-order valence-corrected chi connectivity index (χ1v) is 12.6. The number of halogens is 1. The monoisotopic (exact) mass is 466 g/mol. The molecular formula is C27H47ClN2O2. The fourth-order valence-electron chi connectivity index (χ4n) is 8.05. The number of nitrogens with one attached hydrogen (secondary N) is 2. The predicted octanol–water partition coefficient (Wildman–Crippen LogP) is 6.21. The van der Waals surface area contributed by atoms with Crippen LogP contribution in [0.3, 0.4) is 0 Å². The molecule has 4 aliphatic rings. The first-order valence-electron chi connectivity index (χ1n) is 12.6. The summed E-state index contributed by atoms with van der Waals surface area (Å²) in [5.74, 6) is 6.18. The van der Waals surface area contributed by atoms with Gasteiger partial charge in [-0.3, -0.25) is 0 Å². The summed E-state index contributed by atoms with van der Waals surface area (Å²) < 4.78 is 5.77. The van der Waals surface area contributed by atoms with Crippen molar-refractivity contribution in [1.82, 2.24) is 10.6 Å². The Kier molecular flexibility index (Phi) is 8.26. The highest BCUT2D eigenvalue weighted by Gasteiger charge is 2.58. The van der Waals surface area contributed by atoms with Crippen LogP contribution in [0, 0.1) is 46.8 Å². The number of allylic oxidation sites excluding steroid dienone is 1. The minimum absolute atomic E-state index is 0. The second kappa shape index (κ2) is 10.4. The van der Waals surface area contributed by atoms with Crippen LogP contribution in [0.1, 0.15) is 80.9 Å².